The van der Waals surface area contributed by atoms with E-state index in [1.165, 1.54) is 28.4 Å². The second-order valence-corrected chi connectivity index (χ2v) is 4.79. The van der Waals surface area contributed by atoms with Gasteiger partial charge < -0.3 is 5.73 Å². The Morgan fingerprint density at radius 1 is 1.29 bits per heavy atom. The molecule has 1 aromatic rings. The van der Waals surface area contributed by atoms with E-state index in [-0.39, 0.29) is 6.04 Å². The molecular weight excluding hydrogens is 285 g/mol. The van der Waals surface area contributed by atoms with Gasteiger partial charge in [0.25, 0.3) is 0 Å². The first-order valence-corrected chi connectivity index (χ1v) is 6.33. The van der Waals surface area contributed by atoms with E-state index in [0.29, 0.717) is 0 Å². The van der Waals surface area contributed by atoms with Gasteiger partial charge in [0.05, 0.1) is 0 Å². The van der Waals surface area contributed by atoms with Gasteiger partial charge in [-0.3, -0.25) is 0 Å². The summed E-state index contributed by atoms with van der Waals surface area (Å²) < 4.78 is 1.29. The molecule has 2 N–H and O–H groups in total. The van der Waals surface area contributed by atoms with Gasteiger partial charge in [0.2, 0.25) is 0 Å². The first kappa shape index (κ1) is 12.0. The number of benzene rings is 1. The third-order valence-electron chi connectivity index (χ3n) is 2.42. The van der Waals surface area contributed by atoms with E-state index >= 15 is 0 Å². The van der Waals surface area contributed by atoms with Crippen LogP contribution >= 0.6 is 22.6 Å². The van der Waals surface area contributed by atoms with Crippen LogP contribution in [0.4, 0.5) is 0 Å². The number of hydrogen-bond donors (Lipinski definition) is 1. The van der Waals surface area contributed by atoms with E-state index in [4.69, 9.17) is 5.73 Å². The molecule has 0 spiro atoms. The van der Waals surface area contributed by atoms with Crippen molar-refractivity contribution in [3.8, 4) is 0 Å². The van der Waals surface area contributed by atoms with Crippen LogP contribution in [0.15, 0.2) is 24.3 Å². The van der Waals surface area contributed by atoms with Gasteiger partial charge in [-0.1, -0.05) is 44.4 Å². The highest BCUT2D eigenvalue weighted by atomic mass is 127. The Morgan fingerprint density at radius 3 is 2.64 bits per heavy atom. The average Bonchev–Trinajstić information content (AvgIpc) is 2.18. The van der Waals surface area contributed by atoms with Crippen LogP contribution in [0.1, 0.15) is 44.2 Å². The summed E-state index contributed by atoms with van der Waals surface area (Å²) in [6.45, 7) is 2.22. The molecule has 1 rings (SSSR count). The van der Waals surface area contributed by atoms with Crippen molar-refractivity contribution in [2.24, 2.45) is 5.73 Å². The van der Waals surface area contributed by atoms with E-state index in [2.05, 4.69) is 53.8 Å². The fourth-order valence-corrected chi connectivity index (χ4v) is 2.33. The summed E-state index contributed by atoms with van der Waals surface area (Å²) in [6.07, 6.45) is 4.90. The summed E-state index contributed by atoms with van der Waals surface area (Å²) in [5.74, 6) is 0. The lowest BCUT2D eigenvalue weighted by atomic mass is 10.0. The van der Waals surface area contributed by atoms with Crippen LogP contribution in [-0.4, -0.2) is 0 Å². The first-order valence-electron chi connectivity index (χ1n) is 5.25. The molecule has 0 saturated carbocycles. The molecule has 1 unspecified atom stereocenters. The summed E-state index contributed by atoms with van der Waals surface area (Å²) in [5, 5.41) is 0. The molecule has 0 radical (unpaired) electrons. The first-order chi connectivity index (χ1) is 6.75. The van der Waals surface area contributed by atoms with Crippen molar-refractivity contribution in [3.05, 3.63) is 33.4 Å². The standard InChI is InChI=1S/C12H18IN/c1-2-3-4-9-12(14)10-7-5-6-8-11(10)13/h5-8,12H,2-4,9,14H2,1H3. The second kappa shape index (κ2) is 6.40. The fourth-order valence-electron chi connectivity index (χ4n) is 1.55. The minimum absolute atomic E-state index is 0.217. The van der Waals surface area contributed by atoms with Crippen LogP contribution in [0, 0.1) is 3.57 Å². The van der Waals surface area contributed by atoms with Crippen LogP contribution in [0.2, 0.25) is 0 Å². The molecule has 0 aliphatic carbocycles. The Kier molecular flexibility index (Phi) is 5.48. The zero-order chi connectivity index (χ0) is 10.4. The highest BCUT2D eigenvalue weighted by Gasteiger charge is 2.07. The van der Waals surface area contributed by atoms with Gasteiger partial charge in [0.15, 0.2) is 0 Å². The average molecular weight is 303 g/mol. The maximum atomic E-state index is 6.13. The van der Waals surface area contributed by atoms with Crippen molar-refractivity contribution in [2.75, 3.05) is 0 Å². The summed E-state index contributed by atoms with van der Waals surface area (Å²) >= 11 is 2.36. The zero-order valence-corrected chi connectivity index (χ0v) is 10.8. The molecule has 78 valence electrons. The van der Waals surface area contributed by atoms with Crippen molar-refractivity contribution in [1.29, 1.82) is 0 Å². The molecule has 0 aliphatic heterocycles. The highest BCUT2D eigenvalue weighted by Crippen LogP contribution is 2.22. The van der Waals surface area contributed by atoms with Gasteiger partial charge in [-0.15, -0.1) is 0 Å². The maximum absolute atomic E-state index is 6.13. The fraction of sp³-hybridized carbons (Fsp3) is 0.500. The molecule has 1 aromatic carbocycles. The van der Waals surface area contributed by atoms with E-state index in [1.54, 1.807) is 0 Å². The molecule has 0 aliphatic rings. The number of hydrogen-bond acceptors (Lipinski definition) is 1. The van der Waals surface area contributed by atoms with Crippen LogP contribution in [0.5, 0.6) is 0 Å². The Bertz CT molecular complexity index is 273. The van der Waals surface area contributed by atoms with Crippen molar-refractivity contribution in [2.45, 2.75) is 38.6 Å². The van der Waals surface area contributed by atoms with Crippen molar-refractivity contribution < 1.29 is 0 Å². The van der Waals surface area contributed by atoms with E-state index in [1.807, 2.05) is 0 Å². The Balaban J connectivity index is 2.51. The molecule has 0 fully saturated rings. The lowest BCUT2D eigenvalue weighted by molar-refractivity contribution is 0.579. The lowest BCUT2D eigenvalue weighted by Crippen LogP contribution is -2.11. The smallest absolute Gasteiger partial charge is 0.0305 e. The van der Waals surface area contributed by atoms with E-state index in [0.717, 1.165) is 6.42 Å². The van der Waals surface area contributed by atoms with E-state index in [9.17, 15) is 0 Å². The molecular formula is C12H18IN. The van der Waals surface area contributed by atoms with Crippen molar-refractivity contribution in [1.82, 2.24) is 0 Å². The summed E-state index contributed by atoms with van der Waals surface area (Å²) in [7, 11) is 0. The van der Waals surface area contributed by atoms with Crippen molar-refractivity contribution in [3.63, 3.8) is 0 Å². The lowest BCUT2D eigenvalue weighted by Gasteiger charge is -2.13. The highest BCUT2D eigenvalue weighted by molar-refractivity contribution is 14.1. The van der Waals surface area contributed by atoms with Gasteiger partial charge in [-0.2, -0.15) is 0 Å². The van der Waals surface area contributed by atoms with Gasteiger partial charge in [0.1, 0.15) is 0 Å². The van der Waals surface area contributed by atoms with Gasteiger partial charge in [-0.05, 0) is 40.6 Å². The quantitative estimate of drug-likeness (QED) is 0.648. The third-order valence-corrected chi connectivity index (χ3v) is 3.41. The molecule has 2 heteroatoms. The topological polar surface area (TPSA) is 26.0 Å². The Labute approximate surface area is 100 Å². The number of rotatable bonds is 5. The monoisotopic (exact) mass is 303 g/mol. The minimum Gasteiger partial charge on any atom is -0.324 e. The van der Waals surface area contributed by atoms with Crippen LogP contribution in [0.3, 0.4) is 0 Å². The SMILES string of the molecule is CCCCCC(N)c1ccccc1I. The molecule has 1 nitrogen and oxygen atoms in total. The number of nitrogens with two attached hydrogens (primary N) is 1. The van der Waals surface area contributed by atoms with Crippen LogP contribution < -0.4 is 5.73 Å². The number of halogens is 1. The molecule has 0 aromatic heterocycles. The number of unbranched alkanes of at least 4 members (excludes halogenated alkanes) is 2. The third kappa shape index (κ3) is 3.58. The molecule has 0 heterocycles. The zero-order valence-electron chi connectivity index (χ0n) is 8.67. The predicted molar refractivity (Wildman–Crippen MR) is 70.2 cm³/mol. The summed E-state index contributed by atoms with van der Waals surface area (Å²) in [4.78, 5) is 0. The Morgan fingerprint density at radius 2 is 2.00 bits per heavy atom. The molecule has 0 bridgehead atoms. The normalized spacial score (nSPS) is 12.8. The van der Waals surface area contributed by atoms with Crippen LogP contribution in [0.25, 0.3) is 0 Å². The largest absolute Gasteiger partial charge is 0.324 e. The summed E-state index contributed by atoms with van der Waals surface area (Å²) in [6, 6.07) is 8.60. The molecule has 0 saturated heterocycles. The molecule has 0 amide bonds. The predicted octanol–water partition coefficient (Wildman–Crippen LogP) is 3.87. The maximum Gasteiger partial charge on any atom is 0.0305 e. The minimum atomic E-state index is 0.217. The van der Waals surface area contributed by atoms with E-state index < -0.39 is 0 Å². The van der Waals surface area contributed by atoms with Crippen molar-refractivity contribution >= 4 is 22.6 Å². The van der Waals surface area contributed by atoms with Crippen LogP contribution in [-0.2, 0) is 0 Å². The van der Waals surface area contributed by atoms with Gasteiger partial charge in [0, 0.05) is 9.61 Å². The van der Waals surface area contributed by atoms with Gasteiger partial charge >= 0.3 is 0 Å². The molecule has 1 atom stereocenters. The summed E-state index contributed by atoms with van der Waals surface area (Å²) in [5.41, 5.74) is 7.43. The Hall–Kier alpha value is -0.0900. The second-order valence-electron chi connectivity index (χ2n) is 3.62. The van der Waals surface area contributed by atoms with Gasteiger partial charge in [-0.25, -0.2) is 0 Å². The molecule has 14 heavy (non-hydrogen) atoms.